The van der Waals surface area contributed by atoms with Gasteiger partial charge < -0.3 is 38.5 Å². The van der Waals surface area contributed by atoms with Crippen molar-refractivity contribution >= 4 is 47.5 Å². The predicted molar refractivity (Wildman–Crippen MR) is 183 cm³/mol. The molecule has 1 heterocycles. The van der Waals surface area contributed by atoms with Crippen molar-refractivity contribution in [1.29, 1.82) is 0 Å². The van der Waals surface area contributed by atoms with Gasteiger partial charge in [-0.1, -0.05) is 41.5 Å². The third-order valence-electron chi connectivity index (χ3n) is 8.82. The van der Waals surface area contributed by atoms with Crippen molar-refractivity contribution in [3.05, 3.63) is 0 Å². The third kappa shape index (κ3) is 12.2. The lowest BCUT2D eigenvalue weighted by Gasteiger charge is -2.33. The molecule has 0 aromatic rings. The van der Waals surface area contributed by atoms with E-state index in [1.165, 1.54) is 49.0 Å². The first-order chi connectivity index (χ1) is 23.6. The zero-order valence-corrected chi connectivity index (χ0v) is 32.4. The lowest BCUT2D eigenvalue weighted by Crippen LogP contribution is -2.53. The van der Waals surface area contributed by atoms with Gasteiger partial charge in [-0.15, -0.1) is 0 Å². The van der Waals surface area contributed by atoms with Crippen LogP contribution >= 0.6 is 0 Å². The van der Waals surface area contributed by atoms with Gasteiger partial charge in [0.15, 0.2) is 24.9 Å². The van der Waals surface area contributed by atoms with Gasteiger partial charge >= 0.3 is 23.9 Å². The monoisotopic (exact) mass is 726 g/mol. The molecule has 4 amide bonds. The van der Waals surface area contributed by atoms with E-state index in [1.54, 1.807) is 13.8 Å². The van der Waals surface area contributed by atoms with Crippen molar-refractivity contribution < 1.29 is 57.3 Å². The summed E-state index contributed by atoms with van der Waals surface area (Å²) in [5, 5.41) is 0. The molecule has 1 rings (SSSR count). The summed E-state index contributed by atoms with van der Waals surface area (Å²) in [6.45, 7) is 13.8. The van der Waals surface area contributed by atoms with Gasteiger partial charge in [-0.25, -0.2) is 19.2 Å². The quantitative estimate of drug-likeness (QED) is 0.285. The van der Waals surface area contributed by atoms with Crippen molar-refractivity contribution in [2.24, 2.45) is 11.8 Å². The molecule has 16 heteroatoms. The molecule has 7 unspecified atom stereocenters. The fraction of sp³-hybridized carbons (Fsp3) is 0.771. The Bertz CT molecular complexity index is 1290. The molecule has 1 saturated heterocycles. The summed E-state index contributed by atoms with van der Waals surface area (Å²) in [6.07, 6.45) is -3.65. The number of hydrogen-bond donors (Lipinski definition) is 0. The van der Waals surface area contributed by atoms with Crippen LogP contribution in [-0.2, 0) is 57.3 Å². The Balaban J connectivity index is 3.63. The summed E-state index contributed by atoms with van der Waals surface area (Å²) in [5.74, 6) is -6.70. The second-order valence-electron chi connectivity index (χ2n) is 13.8. The van der Waals surface area contributed by atoms with Crippen LogP contribution in [0.2, 0.25) is 0 Å². The van der Waals surface area contributed by atoms with Crippen molar-refractivity contribution in [1.82, 2.24) is 19.6 Å². The van der Waals surface area contributed by atoms with E-state index in [1.807, 2.05) is 27.7 Å². The average molecular weight is 727 g/mol. The number of hydrogen-bond acceptors (Lipinski definition) is 12. The summed E-state index contributed by atoms with van der Waals surface area (Å²) in [4.78, 5) is 111. The number of amides is 4. The molecule has 0 saturated carbocycles. The number of cyclic esters (lactones) is 4. The van der Waals surface area contributed by atoms with Crippen LogP contribution in [0.15, 0.2) is 0 Å². The molecular weight excluding hydrogens is 668 g/mol. The van der Waals surface area contributed by atoms with E-state index >= 15 is 0 Å². The Morgan fingerprint density at radius 3 is 1.14 bits per heavy atom. The molecule has 0 aromatic carbocycles. The highest BCUT2D eigenvalue weighted by Crippen LogP contribution is 2.19. The van der Waals surface area contributed by atoms with Gasteiger partial charge in [-0.2, -0.15) is 0 Å². The van der Waals surface area contributed by atoms with Crippen molar-refractivity contribution in [2.45, 2.75) is 130 Å². The SMILES string of the molecule is CCC1C(=O)OC(C)C(=O)N(C)C(CC)C(=O)OC(C)C(=O)N(C)C(CC(C)C)C(=O)OC(C)C(=O)N(C)C(CC(C)C)C(=O)OCC(=O)N1C. The predicted octanol–water partition coefficient (Wildman–Crippen LogP) is 1.56. The van der Waals surface area contributed by atoms with Crippen LogP contribution in [0.25, 0.3) is 0 Å². The summed E-state index contributed by atoms with van der Waals surface area (Å²) < 4.78 is 21.8. The first kappa shape index (κ1) is 44.8. The Hall–Kier alpha value is -4.24. The highest BCUT2D eigenvalue weighted by molar-refractivity contribution is 5.93. The first-order valence-corrected chi connectivity index (χ1v) is 17.4. The molecule has 1 aliphatic heterocycles. The number of carbonyl (C=O) groups is 8. The van der Waals surface area contributed by atoms with Crippen LogP contribution in [0.3, 0.4) is 0 Å². The molecule has 0 bridgehead atoms. The van der Waals surface area contributed by atoms with Gasteiger partial charge in [-0.05, 0) is 58.3 Å². The van der Waals surface area contributed by atoms with E-state index in [-0.39, 0.29) is 37.5 Å². The Morgan fingerprint density at radius 2 is 0.804 bits per heavy atom. The summed E-state index contributed by atoms with van der Waals surface area (Å²) in [7, 11) is 5.35. The molecule has 7 atom stereocenters. The van der Waals surface area contributed by atoms with E-state index in [2.05, 4.69) is 0 Å². The number of likely N-dealkylation sites (N-methyl/N-ethyl adjacent to an activating group) is 4. The molecular formula is C35H58N4O12. The summed E-state index contributed by atoms with van der Waals surface area (Å²) >= 11 is 0. The van der Waals surface area contributed by atoms with E-state index in [0.29, 0.717) is 0 Å². The van der Waals surface area contributed by atoms with Crippen molar-refractivity contribution in [3.8, 4) is 0 Å². The van der Waals surface area contributed by atoms with E-state index in [0.717, 1.165) is 19.6 Å². The second kappa shape index (κ2) is 20.0. The molecule has 1 fully saturated rings. The highest BCUT2D eigenvalue weighted by Gasteiger charge is 2.39. The van der Waals surface area contributed by atoms with Gasteiger partial charge in [0.1, 0.15) is 24.2 Å². The minimum Gasteiger partial charge on any atom is -0.454 e. The van der Waals surface area contributed by atoms with Crippen LogP contribution in [0, 0.1) is 11.8 Å². The van der Waals surface area contributed by atoms with Crippen LogP contribution in [-0.4, -0.2) is 144 Å². The summed E-state index contributed by atoms with van der Waals surface area (Å²) in [5.41, 5.74) is 0. The number of esters is 4. The number of nitrogens with zero attached hydrogens (tertiary/aromatic N) is 4. The van der Waals surface area contributed by atoms with Crippen LogP contribution in [0.4, 0.5) is 0 Å². The maximum absolute atomic E-state index is 13.5. The maximum atomic E-state index is 13.5. The average Bonchev–Trinajstić information content (AvgIpc) is 3.06. The van der Waals surface area contributed by atoms with Crippen LogP contribution in [0.1, 0.15) is 88.0 Å². The molecule has 16 nitrogen and oxygen atoms in total. The number of ether oxygens (including phenoxy) is 4. The normalized spacial score (nSPS) is 28.1. The molecule has 1 aliphatic rings. The van der Waals surface area contributed by atoms with Gasteiger partial charge in [0.05, 0.1) is 0 Å². The topological polar surface area (TPSA) is 186 Å². The van der Waals surface area contributed by atoms with Crippen molar-refractivity contribution in [3.63, 3.8) is 0 Å². The van der Waals surface area contributed by atoms with Gasteiger partial charge in [-0.3, -0.25) is 19.2 Å². The van der Waals surface area contributed by atoms with Crippen molar-refractivity contribution in [2.75, 3.05) is 34.8 Å². The van der Waals surface area contributed by atoms with E-state index in [4.69, 9.17) is 18.9 Å². The Kier molecular flexibility index (Phi) is 17.5. The second-order valence-corrected chi connectivity index (χ2v) is 13.8. The fourth-order valence-corrected chi connectivity index (χ4v) is 5.65. The largest absolute Gasteiger partial charge is 0.454 e. The standard InChI is InChI=1S/C35H58N4O12/c1-14-24-33(45)49-21(7)29(41)37(11)25(15-2)34(46)50-22(8)31(43)39(13)27(17-20(5)6)35(47)51-23(9)30(42)38(12)26(16-19(3)4)32(44)48-18-28(40)36(24)10/h19-27H,14-18H2,1-13H3. The van der Waals surface area contributed by atoms with Gasteiger partial charge in [0.25, 0.3) is 23.6 Å². The Labute approximate surface area is 301 Å². The molecule has 0 N–H and O–H groups in total. The smallest absolute Gasteiger partial charge is 0.329 e. The zero-order valence-electron chi connectivity index (χ0n) is 32.4. The Morgan fingerprint density at radius 1 is 0.510 bits per heavy atom. The maximum Gasteiger partial charge on any atom is 0.329 e. The lowest BCUT2D eigenvalue weighted by molar-refractivity contribution is -0.174. The minimum atomic E-state index is -1.38. The molecule has 0 aliphatic carbocycles. The summed E-state index contributed by atoms with van der Waals surface area (Å²) in [6, 6.07) is -4.64. The number of rotatable bonds is 6. The minimum absolute atomic E-state index is 0.0900. The number of carbonyl (C=O) groups excluding carboxylic acids is 8. The molecule has 0 spiro atoms. The lowest BCUT2D eigenvalue weighted by atomic mass is 10.0. The van der Waals surface area contributed by atoms with Gasteiger partial charge in [0.2, 0.25) is 0 Å². The van der Waals surface area contributed by atoms with Crippen LogP contribution < -0.4 is 0 Å². The molecule has 0 radical (unpaired) electrons. The van der Waals surface area contributed by atoms with E-state index < -0.39 is 96.6 Å². The molecule has 0 aromatic heterocycles. The third-order valence-corrected chi connectivity index (χ3v) is 8.82. The fourth-order valence-electron chi connectivity index (χ4n) is 5.65. The van der Waals surface area contributed by atoms with Crippen LogP contribution in [0.5, 0.6) is 0 Å². The zero-order chi connectivity index (χ0) is 39.5. The van der Waals surface area contributed by atoms with Gasteiger partial charge in [0, 0.05) is 28.2 Å². The first-order valence-electron chi connectivity index (χ1n) is 17.4. The highest BCUT2D eigenvalue weighted by atomic mass is 16.6. The molecule has 290 valence electrons. The molecule has 51 heavy (non-hydrogen) atoms. The van der Waals surface area contributed by atoms with E-state index in [9.17, 15) is 38.4 Å².